The van der Waals surface area contributed by atoms with Crippen LogP contribution in [0.15, 0.2) is 22.6 Å². The zero-order chi connectivity index (χ0) is 19.8. The fourth-order valence-corrected chi connectivity index (χ4v) is 3.11. The van der Waals surface area contributed by atoms with Crippen LogP contribution in [-0.2, 0) is 4.74 Å². The monoisotopic (exact) mass is 369 g/mol. The number of fused-ring (bicyclic) bond motifs is 1. The van der Waals surface area contributed by atoms with Crippen LogP contribution in [0.1, 0.15) is 43.8 Å². The van der Waals surface area contributed by atoms with Gasteiger partial charge in [0.2, 0.25) is 0 Å². The Bertz CT molecular complexity index is 925. The van der Waals surface area contributed by atoms with Crippen LogP contribution in [0.5, 0.6) is 0 Å². The molecule has 7 heteroatoms. The van der Waals surface area contributed by atoms with E-state index in [-0.39, 0.29) is 17.6 Å². The lowest BCUT2D eigenvalue weighted by atomic mass is 10.1. The third-order valence-corrected chi connectivity index (χ3v) is 4.41. The summed E-state index contributed by atoms with van der Waals surface area (Å²) in [5, 5.41) is 10.3. The van der Waals surface area contributed by atoms with E-state index < -0.39 is 5.60 Å². The standard InChI is InChI=1S/C20H23N3O4/c1-13(24)18-11-14-15(12-21)16(5-6-17(14)26-18)22-7-9-23(10-8-22)19(25)27-20(2,3)4/h5-6,11H,7-10H2,1-4H3. The Morgan fingerprint density at radius 2 is 1.85 bits per heavy atom. The van der Waals surface area contributed by atoms with Crippen LogP contribution in [0.2, 0.25) is 0 Å². The third-order valence-electron chi connectivity index (χ3n) is 4.41. The number of anilines is 1. The summed E-state index contributed by atoms with van der Waals surface area (Å²) >= 11 is 0. The van der Waals surface area contributed by atoms with Gasteiger partial charge in [0, 0.05) is 38.5 Å². The van der Waals surface area contributed by atoms with Crippen molar-refractivity contribution in [3.63, 3.8) is 0 Å². The van der Waals surface area contributed by atoms with Crippen molar-refractivity contribution in [2.24, 2.45) is 0 Å². The average molecular weight is 369 g/mol. The fourth-order valence-electron chi connectivity index (χ4n) is 3.11. The molecule has 1 aliphatic rings. The van der Waals surface area contributed by atoms with Crippen molar-refractivity contribution in [2.45, 2.75) is 33.3 Å². The number of hydrogen-bond acceptors (Lipinski definition) is 6. The summed E-state index contributed by atoms with van der Waals surface area (Å²) in [7, 11) is 0. The van der Waals surface area contributed by atoms with Crippen molar-refractivity contribution in [1.29, 1.82) is 5.26 Å². The molecule has 1 saturated heterocycles. The number of rotatable bonds is 2. The molecule has 0 bridgehead atoms. The zero-order valence-electron chi connectivity index (χ0n) is 16.0. The number of amides is 1. The molecule has 1 fully saturated rings. The molecule has 0 unspecified atom stereocenters. The minimum Gasteiger partial charge on any atom is -0.453 e. The number of carbonyl (C=O) groups excluding carboxylic acids is 2. The summed E-state index contributed by atoms with van der Waals surface area (Å²) in [6.07, 6.45) is -0.320. The maximum atomic E-state index is 12.2. The van der Waals surface area contributed by atoms with E-state index in [1.54, 1.807) is 17.0 Å². The highest BCUT2D eigenvalue weighted by atomic mass is 16.6. The smallest absolute Gasteiger partial charge is 0.410 e. The lowest BCUT2D eigenvalue weighted by Gasteiger charge is -2.37. The number of ether oxygens (including phenoxy) is 1. The minimum atomic E-state index is -0.525. The van der Waals surface area contributed by atoms with Gasteiger partial charge in [-0.3, -0.25) is 4.79 Å². The molecule has 2 heterocycles. The van der Waals surface area contributed by atoms with Gasteiger partial charge < -0.3 is 19.0 Å². The molecule has 1 aromatic heterocycles. The summed E-state index contributed by atoms with van der Waals surface area (Å²) in [6.45, 7) is 9.18. The Hall–Kier alpha value is -3.01. The van der Waals surface area contributed by atoms with E-state index in [0.717, 1.165) is 5.69 Å². The summed E-state index contributed by atoms with van der Waals surface area (Å²) in [5.74, 6) is 0.0657. The van der Waals surface area contributed by atoms with Gasteiger partial charge >= 0.3 is 6.09 Å². The van der Waals surface area contributed by atoms with Gasteiger partial charge in [0.1, 0.15) is 17.3 Å². The van der Waals surface area contributed by atoms with Gasteiger partial charge in [-0.25, -0.2) is 4.79 Å². The lowest BCUT2D eigenvalue weighted by molar-refractivity contribution is 0.0240. The first-order valence-corrected chi connectivity index (χ1v) is 8.90. The first-order valence-electron chi connectivity index (χ1n) is 8.90. The van der Waals surface area contributed by atoms with Crippen LogP contribution in [0.3, 0.4) is 0 Å². The normalized spacial score (nSPS) is 14.9. The van der Waals surface area contributed by atoms with Crippen molar-refractivity contribution in [3.05, 3.63) is 29.5 Å². The molecule has 2 aromatic rings. The van der Waals surface area contributed by atoms with Crippen LogP contribution in [-0.4, -0.2) is 48.6 Å². The SMILES string of the molecule is CC(=O)c1cc2c(C#N)c(N3CCN(C(=O)OC(C)(C)C)CC3)ccc2o1. The molecule has 1 aromatic carbocycles. The highest BCUT2D eigenvalue weighted by molar-refractivity contribution is 5.99. The molecule has 1 aliphatic heterocycles. The number of nitrogens with zero attached hydrogens (tertiary/aromatic N) is 3. The molecule has 0 N–H and O–H groups in total. The van der Waals surface area contributed by atoms with Crippen molar-refractivity contribution in [1.82, 2.24) is 4.90 Å². The van der Waals surface area contributed by atoms with E-state index in [0.29, 0.717) is 42.7 Å². The van der Waals surface area contributed by atoms with Crippen LogP contribution in [0.4, 0.5) is 10.5 Å². The highest BCUT2D eigenvalue weighted by Gasteiger charge is 2.27. The number of nitriles is 1. The number of hydrogen-bond donors (Lipinski definition) is 0. The summed E-state index contributed by atoms with van der Waals surface area (Å²) in [5.41, 5.74) is 1.26. The number of piperazine rings is 1. The minimum absolute atomic E-state index is 0.178. The van der Waals surface area contributed by atoms with Gasteiger partial charge in [0.25, 0.3) is 0 Å². The van der Waals surface area contributed by atoms with E-state index in [9.17, 15) is 14.9 Å². The fraction of sp³-hybridized carbons (Fsp3) is 0.450. The van der Waals surface area contributed by atoms with Crippen molar-refractivity contribution < 1.29 is 18.7 Å². The van der Waals surface area contributed by atoms with Crippen molar-refractivity contribution in [3.8, 4) is 6.07 Å². The second-order valence-corrected chi connectivity index (χ2v) is 7.60. The molecule has 0 atom stereocenters. The van der Waals surface area contributed by atoms with E-state index in [2.05, 4.69) is 11.0 Å². The van der Waals surface area contributed by atoms with Crippen LogP contribution >= 0.6 is 0 Å². The van der Waals surface area contributed by atoms with Crippen LogP contribution in [0, 0.1) is 11.3 Å². The van der Waals surface area contributed by atoms with E-state index in [1.165, 1.54) is 6.92 Å². The zero-order valence-corrected chi connectivity index (χ0v) is 16.0. The predicted molar refractivity (Wildman–Crippen MR) is 101 cm³/mol. The number of Topliss-reactive ketones (excluding diaryl/α,β-unsaturated/α-hetero) is 1. The maximum absolute atomic E-state index is 12.2. The van der Waals surface area contributed by atoms with Gasteiger partial charge in [-0.05, 0) is 39.0 Å². The highest BCUT2D eigenvalue weighted by Crippen LogP contribution is 2.31. The van der Waals surface area contributed by atoms with Gasteiger partial charge in [-0.2, -0.15) is 5.26 Å². The van der Waals surface area contributed by atoms with E-state index in [4.69, 9.17) is 9.15 Å². The third kappa shape index (κ3) is 3.90. The molecule has 142 valence electrons. The van der Waals surface area contributed by atoms with Gasteiger partial charge in [0.15, 0.2) is 11.5 Å². The molecule has 1 amide bonds. The lowest BCUT2D eigenvalue weighted by Crippen LogP contribution is -2.50. The summed E-state index contributed by atoms with van der Waals surface area (Å²) in [6, 6.07) is 7.46. The summed E-state index contributed by atoms with van der Waals surface area (Å²) in [4.78, 5) is 27.5. The molecule has 7 nitrogen and oxygen atoms in total. The Morgan fingerprint density at radius 1 is 1.19 bits per heavy atom. The molecule has 0 saturated carbocycles. The molecular weight excluding hydrogens is 346 g/mol. The maximum Gasteiger partial charge on any atom is 0.410 e. The van der Waals surface area contributed by atoms with Crippen molar-refractivity contribution in [2.75, 3.05) is 31.1 Å². The van der Waals surface area contributed by atoms with E-state index >= 15 is 0 Å². The predicted octanol–water partition coefficient (Wildman–Crippen LogP) is 3.56. The number of furan rings is 1. The quantitative estimate of drug-likeness (QED) is 0.752. The first kappa shape index (κ1) is 18.8. The van der Waals surface area contributed by atoms with Crippen LogP contribution in [0.25, 0.3) is 11.0 Å². The first-order chi connectivity index (χ1) is 12.7. The Kier molecular flexibility index (Phi) is 4.83. The topological polar surface area (TPSA) is 86.8 Å². The number of carbonyl (C=O) groups is 2. The Balaban J connectivity index is 1.80. The molecular formula is C20H23N3O4. The number of ketones is 1. The second-order valence-electron chi connectivity index (χ2n) is 7.60. The average Bonchev–Trinajstić information content (AvgIpc) is 3.04. The second kappa shape index (κ2) is 6.95. The van der Waals surface area contributed by atoms with Crippen LogP contribution < -0.4 is 4.90 Å². The summed E-state index contributed by atoms with van der Waals surface area (Å²) < 4.78 is 10.9. The number of benzene rings is 1. The Morgan fingerprint density at radius 3 is 2.41 bits per heavy atom. The van der Waals surface area contributed by atoms with E-state index in [1.807, 2.05) is 26.8 Å². The van der Waals surface area contributed by atoms with Gasteiger partial charge in [-0.15, -0.1) is 0 Å². The Labute approximate surface area is 158 Å². The molecule has 27 heavy (non-hydrogen) atoms. The molecule has 0 aliphatic carbocycles. The van der Waals surface area contributed by atoms with Crippen molar-refractivity contribution >= 4 is 28.5 Å². The molecule has 0 spiro atoms. The molecule has 0 radical (unpaired) electrons. The van der Waals surface area contributed by atoms with Gasteiger partial charge in [-0.1, -0.05) is 0 Å². The molecule has 3 rings (SSSR count). The largest absolute Gasteiger partial charge is 0.453 e. The van der Waals surface area contributed by atoms with Gasteiger partial charge in [0.05, 0.1) is 11.3 Å².